The molecule has 1 saturated heterocycles. The minimum absolute atomic E-state index is 0.130. The monoisotopic (exact) mass is 139 g/mol. The molecule has 2 aliphatic rings. The van der Waals surface area contributed by atoms with Gasteiger partial charge in [-0.15, -0.1) is 0 Å². The first-order valence-corrected chi connectivity index (χ1v) is 3.94. The van der Waals surface area contributed by atoms with Gasteiger partial charge in [0.2, 0.25) is 0 Å². The molecule has 0 aromatic carbocycles. The van der Waals surface area contributed by atoms with Crippen LogP contribution in [0.25, 0.3) is 0 Å². The van der Waals surface area contributed by atoms with Crippen LogP contribution in [0.15, 0.2) is 12.2 Å². The molecule has 0 amide bonds. The molecule has 0 aromatic rings. The lowest BCUT2D eigenvalue weighted by Gasteiger charge is -2.31. The van der Waals surface area contributed by atoms with Crippen LogP contribution in [0.1, 0.15) is 12.8 Å². The van der Waals surface area contributed by atoms with E-state index in [4.69, 9.17) is 4.74 Å². The molecule has 0 radical (unpaired) electrons. The molecule has 2 heteroatoms. The van der Waals surface area contributed by atoms with Crippen LogP contribution in [-0.2, 0) is 4.74 Å². The Morgan fingerprint density at radius 1 is 1.30 bits per heavy atom. The highest BCUT2D eigenvalue weighted by Crippen LogP contribution is 2.28. The average Bonchev–Trinajstić information content (AvgIpc) is 2.39. The second kappa shape index (κ2) is 2.36. The summed E-state index contributed by atoms with van der Waals surface area (Å²) >= 11 is 0. The molecule has 1 N–H and O–H groups in total. The van der Waals surface area contributed by atoms with E-state index in [1.165, 1.54) is 0 Å². The fourth-order valence-electron chi connectivity index (χ4n) is 1.69. The van der Waals surface area contributed by atoms with E-state index in [-0.39, 0.29) is 5.60 Å². The fourth-order valence-corrected chi connectivity index (χ4v) is 1.69. The summed E-state index contributed by atoms with van der Waals surface area (Å²) in [5, 5.41) is 3.32. The second-order valence-electron chi connectivity index (χ2n) is 3.03. The van der Waals surface area contributed by atoms with Gasteiger partial charge in [0.05, 0.1) is 12.2 Å². The maximum Gasteiger partial charge on any atom is 0.0891 e. The molecule has 1 fully saturated rings. The summed E-state index contributed by atoms with van der Waals surface area (Å²) in [7, 11) is 0. The molecule has 1 spiro atoms. The molecular weight excluding hydrogens is 126 g/mol. The van der Waals surface area contributed by atoms with E-state index in [9.17, 15) is 0 Å². The SMILES string of the molecule is C1=CC2(CCNCC2)OC1. The first-order valence-electron chi connectivity index (χ1n) is 3.94. The minimum Gasteiger partial charge on any atom is -0.367 e. The molecule has 2 heterocycles. The third-order valence-corrected chi connectivity index (χ3v) is 2.34. The van der Waals surface area contributed by atoms with E-state index in [1.807, 2.05) is 0 Å². The molecule has 10 heavy (non-hydrogen) atoms. The molecule has 56 valence electrons. The standard InChI is InChI=1S/C8H13NO/c1-2-8(10-7-1)3-5-9-6-4-8/h1-2,9H,3-7H2. The number of rotatable bonds is 0. The highest BCUT2D eigenvalue weighted by molar-refractivity contribution is 5.09. The van der Waals surface area contributed by atoms with Crippen molar-refractivity contribution in [2.75, 3.05) is 19.7 Å². The van der Waals surface area contributed by atoms with E-state index in [2.05, 4.69) is 17.5 Å². The van der Waals surface area contributed by atoms with Gasteiger partial charge in [0.25, 0.3) is 0 Å². The quantitative estimate of drug-likeness (QED) is 0.499. The zero-order valence-electron chi connectivity index (χ0n) is 6.10. The molecule has 0 bridgehead atoms. The van der Waals surface area contributed by atoms with Crippen molar-refractivity contribution in [1.29, 1.82) is 0 Å². The molecule has 0 atom stereocenters. The normalized spacial score (nSPS) is 29.6. The van der Waals surface area contributed by atoms with Crippen molar-refractivity contribution in [1.82, 2.24) is 5.32 Å². The number of hydrogen-bond acceptors (Lipinski definition) is 2. The summed E-state index contributed by atoms with van der Waals surface area (Å²) in [4.78, 5) is 0. The van der Waals surface area contributed by atoms with Gasteiger partial charge in [0.15, 0.2) is 0 Å². The zero-order chi connectivity index (χ0) is 6.86. The number of nitrogens with one attached hydrogen (secondary N) is 1. The van der Waals surface area contributed by atoms with Crippen LogP contribution in [0.5, 0.6) is 0 Å². The molecule has 0 aliphatic carbocycles. The van der Waals surface area contributed by atoms with Crippen LogP contribution >= 0.6 is 0 Å². The smallest absolute Gasteiger partial charge is 0.0891 e. The van der Waals surface area contributed by atoms with Crippen molar-refractivity contribution in [3.05, 3.63) is 12.2 Å². The summed E-state index contributed by atoms with van der Waals surface area (Å²) in [5.41, 5.74) is 0.130. The number of hydrogen-bond donors (Lipinski definition) is 1. The van der Waals surface area contributed by atoms with Gasteiger partial charge in [0, 0.05) is 0 Å². The van der Waals surface area contributed by atoms with Crippen LogP contribution in [0.4, 0.5) is 0 Å². The molecule has 2 nitrogen and oxygen atoms in total. The maximum atomic E-state index is 5.63. The Morgan fingerprint density at radius 3 is 2.70 bits per heavy atom. The van der Waals surface area contributed by atoms with Crippen LogP contribution in [0.2, 0.25) is 0 Å². The van der Waals surface area contributed by atoms with Crippen molar-refractivity contribution < 1.29 is 4.74 Å². The van der Waals surface area contributed by atoms with Crippen LogP contribution < -0.4 is 5.32 Å². The van der Waals surface area contributed by atoms with E-state index in [0.29, 0.717) is 0 Å². The second-order valence-corrected chi connectivity index (χ2v) is 3.03. The summed E-state index contributed by atoms with van der Waals surface area (Å²) in [6.07, 6.45) is 6.64. The summed E-state index contributed by atoms with van der Waals surface area (Å²) < 4.78 is 5.63. The Morgan fingerprint density at radius 2 is 2.10 bits per heavy atom. The van der Waals surface area contributed by atoms with Gasteiger partial charge < -0.3 is 10.1 Å². The van der Waals surface area contributed by atoms with E-state index in [1.54, 1.807) is 0 Å². The van der Waals surface area contributed by atoms with Crippen molar-refractivity contribution in [3.63, 3.8) is 0 Å². The summed E-state index contributed by atoms with van der Waals surface area (Å²) in [6, 6.07) is 0. The Hall–Kier alpha value is -0.340. The molecule has 0 saturated carbocycles. The Labute approximate surface area is 61.3 Å². The predicted octanol–water partition coefficient (Wildman–Crippen LogP) is 0.695. The van der Waals surface area contributed by atoms with Crippen molar-refractivity contribution in [2.45, 2.75) is 18.4 Å². The topological polar surface area (TPSA) is 21.3 Å². The highest BCUT2D eigenvalue weighted by atomic mass is 16.5. The molecule has 0 aromatic heterocycles. The van der Waals surface area contributed by atoms with Gasteiger partial charge >= 0.3 is 0 Å². The van der Waals surface area contributed by atoms with Gasteiger partial charge in [0.1, 0.15) is 0 Å². The average molecular weight is 139 g/mol. The minimum atomic E-state index is 0.130. The van der Waals surface area contributed by atoms with Crippen molar-refractivity contribution >= 4 is 0 Å². The van der Waals surface area contributed by atoms with E-state index >= 15 is 0 Å². The lowest BCUT2D eigenvalue weighted by Crippen LogP contribution is -2.40. The largest absolute Gasteiger partial charge is 0.367 e. The van der Waals surface area contributed by atoms with E-state index < -0.39 is 0 Å². The van der Waals surface area contributed by atoms with E-state index in [0.717, 1.165) is 32.5 Å². The lowest BCUT2D eigenvalue weighted by molar-refractivity contribution is 0.00272. The third kappa shape index (κ3) is 0.976. The fraction of sp³-hybridized carbons (Fsp3) is 0.750. The number of ether oxygens (including phenoxy) is 1. The summed E-state index contributed by atoms with van der Waals surface area (Å²) in [6.45, 7) is 3.02. The Kier molecular flexibility index (Phi) is 1.51. The van der Waals surface area contributed by atoms with Crippen molar-refractivity contribution in [3.8, 4) is 0 Å². The van der Waals surface area contributed by atoms with Crippen LogP contribution in [0.3, 0.4) is 0 Å². The van der Waals surface area contributed by atoms with Gasteiger partial charge in [-0.1, -0.05) is 12.2 Å². The van der Waals surface area contributed by atoms with Gasteiger partial charge in [-0.3, -0.25) is 0 Å². The number of piperidine rings is 1. The first kappa shape index (κ1) is 6.38. The predicted molar refractivity (Wildman–Crippen MR) is 39.9 cm³/mol. The van der Waals surface area contributed by atoms with Gasteiger partial charge in [-0.25, -0.2) is 0 Å². The molecule has 0 unspecified atom stereocenters. The van der Waals surface area contributed by atoms with Crippen molar-refractivity contribution in [2.24, 2.45) is 0 Å². The van der Waals surface area contributed by atoms with Crippen LogP contribution in [0, 0.1) is 0 Å². The van der Waals surface area contributed by atoms with Gasteiger partial charge in [-0.2, -0.15) is 0 Å². The molecule has 2 aliphatic heterocycles. The first-order chi connectivity index (χ1) is 4.91. The third-order valence-electron chi connectivity index (χ3n) is 2.34. The Bertz CT molecular complexity index is 147. The van der Waals surface area contributed by atoms with Gasteiger partial charge in [-0.05, 0) is 25.9 Å². The zero-order valence-corrected chi connectivity index (χ0v) is 6.10. The van der Waals surface area contributed by atoms with Crippen LogP contribution in [-0.4, -0.2) is 25.3 Å². The lowest BCUT2D eigenvalue weighted by atomic mass is 9.93. The molecule has 2 rings (SSSR count). The summed E-state index contributed by atoms with van der Waals surface area (Å²) in [5.74, 6) is 0. The Balaban J connectivity index is 2.05. The highest BCUT2D eigenvalue weighted by Gasteiger charge is 2.31. The maximum absolute atomic E-state index is 5.63. The molecular formula is C8H13NO.